The van der Waals surface area contributed by atoms with Gasteiger partial charge in [-0.05, 0) is 85.9 Å². The molecule has 4 nitrogen and oxygen atoms in total. The topological polar surface area (TPSA) is 41.6 Å². The molecule has 3 rings (SSSR count). The van der Waals surface area contributed by atoms with E-state index in [0.717, 1.165) is 41.2 Å². The summed E-state index contributed by atoms with van der Waals surface area (Å²) in [4.78, 5) is 14.6. The molecule has 0 atom stereocenters. The van der Waals surface area contributed by atoms with E-state index >= 15 is 0 Å². The molecular weight excluding hydrogens is 324 g/mol. The molecule has 1 aliphatic heterocycles. The quantitative estimate of drug-likeness (QED) is 0.804. The van der Waals surface area contributed by atoms with Crippen LogP contribution >= 0.6 is 0 Å². The van der Waals surface area contributed by atoms with Crippen LogP contribution in [-0.2, 0) is 4.79 Å². The lowest BCUT2D eigenvalue weighted by atomic mass is 10.0. The van der Waals surface area contributed by atoms with Crippen molar-refractivity contribution in [1.82, 2.24) is 0 Å². The van der Waals surface area contributed by atoms with Crippen LogP contribution in [0.4, 0.5) is 11.4 Å². The number of ether oxygens (including phenoxy) is 1. The highest BCUT2D eigenvalue weighted by Gasteiger charge is 2.12. The Kier molecular flexibility index (Phi) is 5.61. The first-order valence-corrected chi connectivity index (χ1v) is 9.06. The highest BCUT2D eigenvalue weighted by atomic mass is 16.5. The summed E-state index contributed by atoms with van der Waals surface area (Å²) >= 11 is 0. The Balaban J connectivity index is 1.64. The van der Waals surface area contributed by atoms with Crippen LogP contribution in [0.5, 0.6) is 5.75 Å². The van der Waals surface area contributed by atoms with Crippen LogP contribution in [0.25, 0.3) is 6.08 Å². The molecule has 2 aromatic carbocycles. The van der Waals surface area contributed by atoms with Crippen molar-refractivity contribution in [2.24, 2.45) is 0 Å². The monoisotopic (exact) mass is 350 g/mol. The summed E-state index contributed by atoms with van der Waals surface area (Å²) < 4.78 is 5.28. The number of carbonyl (C=O) groups is 1. The number of aryl methyl sites for hydroxylation is 2. The van der Waals surface area contributed by atoms with E-state index in [1.54, 1.807) is 13.2 Å². The molecule has 0 spiro atoms. The van der Waals surface area contributed by atoms with E-state index in [0.29, 0.717) is 0 Å². The van der Waals surface area contributed by atoms with E-state index in [1.165, 1.54) is 18.5 Å². The Morgan fingerprint density at radius 1 is 1.08 bits per heavy atom. The summed E-state index contributed by atoms with van der Waals surface area (Å²) in [6.45, 7) is 6.28. The number of rotatable bonds is 5. The summed E-state index contributed by atoms with van der Waals surface area (Å²) in [7, 11) is 1.66. The predicted octanol–water partition coefficient (Wildman–Crippen LogP) is 4.56. The molecule has 1 fully saturated rings. The minimum absolute atomic E-state index is 0.131. The number of amides is 1. The van der Waals surface area contributed by atoms with Crippen molar-refractivity contribution in [2.75, 3.05) is 30.4 Å². The van der Waals surface area contributed by atoms with Crippen LogP contribution in [0, 0.1) is 13.8 Å². The van der Waals surface area contributed by atoms with Crippen molar-refractivity contribution >= 4 is 23.4 Å². The van der Waals surface area contributed by atoms with Gasteiger partial charge in [-0.2, -0.15) is 0 Å². The first-order chi connectivity index (χ1) is 12.6. The van der Waals surface area contributed by atoms with E-state index in [9.17, 15) is 4.79 Å². The normalized spacial score (nSPS) is 14.0. The van der Waals surface area contributed by atoms with Crippen molar-refractivity contribution < 1.29 is 9.53 Å². The molecule has 0 bridgehead atoms. The van der Waals surface area contributed by atoms with Crippen LogP contribution in [0.2, 0.25) is 0 Å². The van der Waals surface area contributed by atoms with Gasteiger partial charge in [-0.25, -0.2) is 0 Å². The molecule has 136 valence electrons. The molecule has 1 saturated heterocycles. The van der Waals surface area contributed by atoms with Crippen LogP contribution in [-0.4, -0.2) is 26.1 Å². The summed E-state index contributed by atoms with van der Waals surface area (Å²) in [6.07, 6.45) is 5.95. The van der Waals surface area contributed by atoms with Gasteiger partial charge in [0.2, 0.25) is 5.91 Å². The molecule has 0 aromatic heterocycles. The molecule has 0 aliphatic carbocycles. The molecule has 26 heavy (non-hydrogen) atoms. The smallest absolute Gasteiger partial charge is 0.248 e. The standard InChI is InChI=1S/C22H26N2O2/c1-16-14-20(26-3)15-17(2)21(16)10-11-22(25)23-18-6-8-19(9-7-18)24-12-4-5-13-24/h6-11,14-15H,4-5,12-13H2,1-3H3,(H,23,25)/b11-10+. The van der Waals surface area contributed by atoms with Gasteiger partial charge in [0, 0.05) is 30.5 Å². The number of hydrogen-bond donors (Lipinski definition) is 1. The number of benzene rings is 2. The SMILES string of the molecule is COc1cc(C)c(/C=C/C(=O)Nc2ccc(N3CCCC3)cc2)c(C)c1. The fraction of sp³-hybridized carbons (Fsp3) is 0.318. The molecule has 1 N–H and O–H groups in total. The fourth-order valence-electron chi connectivity index (χ4n) is 3.39. The van der Waals surface area contributed by atoms with Gasteiger partial charge in [-0.3, -0.25) is 4.79 Å². The van der Waals surface area contributed by atoms with Crippen molar-refractivity contribution in [3.8, 4) is 5.75 Å². The number of anilines is 2. The van der Waals surface area contributed by atoms with Crippen molar-refractivity contribution in [3.63, 3.8) is 0 Å². The van der Waals surface area contributed by atoms with Crippen LogP contribution < -0.4 is 15.0 Å². The van der Waals surface area contributed by atoms with Crippen LogP contribution in [0.15, 0.2) is 42.5 Å². The van der Waals surface area contributed by atoms with Crippen LogP contribution in [0.3, 0.4) is 0 Å². The zero-order chi connectivity index (χ0) is 18.5. The molecule has 0 radical (unpaired) electrons. The maximum absolute atomic E-state index is 12.2. The molecule has 2 aromatic rings. The number of methoxy groups -OCH3 is 1. The summed E-state index contributed by atoms with van der Waals surface area (Å²) in [5.41, 5.74) is 5.25. The lowest BCUT2D eigenvalue weighted by molar-refractivity contribution is -0.111. The predicted molar refractivity (Wildman–Crippen MR) is 108 cm³/mol. The number of nitrogens with one attached hydrogen (secondary N) is 1. The van der Waals surface area contributed by atoms with E-state index in [-0.39, 0.29) is 5.91 Å². The minimum atomic E-state index is -0.131. The number of nitrogens with zero attached hydrogens (tertiary/aromatic N) is 1. The van der Waals surface area contributed by atoms with E-state index in [2.05, 4.69) is 22.3 Å². The molecule has 4 heteroatoms. The van der Waals surface area contributed by atoms with Gasteiger partial charge in [0.1, 0.15) is 5.75 Å². The maximum Gasteiger partial charge on any atom is 0.248 e. The second-order valence-electron chi connectivity index (χ2n) is 6.74. The van der Waals surface area contributed by atoms with Gasteiger partial charge in [-0.1, -0.05) is 0 Å². The Morgan fingerprint density at radius 3 is 2.27 bits per heavy atom. The zero-order valence-corrected chi connectivity index (χ0v) is 15.7. The Labute approximate surface area is 155 Å². The molecule has 0 unspecified atom stereocenters. The third kappa shape index (κ3) is 4.26. The fourth-order valence-corrected chi connectivity index (χ4v) is 3.39. The first-order valence-electron chi connectivity index (χ1n) is 9.06. The van der Waals surface area contributed by atoms with Gasteiger partial charge in [0.25, 0.3) is 0 Å². The Hall–Kier alpha value is -2.75. The first kappa shape index (κ1) is 18.1. The average Bonchev–Trinajstić information content (AvgIpc) is 3.16. The summed E-state index contributed by atoms with van der Waals surface area (Å²) in [6, 6.07) is 12.0. The van der Waals surface area contributed by atoms with Gasteiger partial charge < -0.3 is 15.0 Å². The van der Waals surface area contributed by atoms with Crippen molar-refractivity contribution in [3.05, 3.63) is 59.2 Å². The van der Waals surface area contributed by atoms with Gasteiger partial charge in [-0.15, -0.1) is 0 Å². The second kappa shape index (κ2) is 8.09. The molecule has 1 amide bonds. The summed E-state index contributed by atoms with van der Waals surface area (Å²) in [5, 5.41) is 2.92. The van der Waals surface area contributed by atoms with Gasteiger partial charge in [0.05, 0.1) is 7.11 Å². The molecule has 0 saturated carbocycles. The Morgan fingerprint density at radius 2 is 1.69 bits per heavy atom. The highest BCUT2D eigenvalue weighted by molar-refractivity contribution is 6.02. The summed E-state index contributed by atoms with van der Waals surface area (Å²) in [5.74, 6) is 0.702. The molecule has 1 aliphatic rings. The second-order valence-corrected chi connectivity index (χ2v) is 6.74. The molecule has 1 heterocycles. The zero-order valence-electron chi connectivity index (χ0n) is 15.7. The van der Waals surface area contributed by atoms with E-state index < -0.39 is 0 Å². The van der Waals surface area contributed by atoms with Crippen molar-refractivity contribution in [2.45, 2.75) is 26.7 Å². The van der Waals surface area contributed by atoms with Crippen molar-refractivity contribution in [1.29, 1.82) is 0 Å². The number of carbonyl (C=O) groups excluding carboxylic acids is 1. The third-order valence-electron chi connectivity index (χ3n) is 4.81. The average molecular weight is 350 g/mol. The Bertz CT molecular complexity index is 780. The highest BCUT2D eigenvalue weighted by Crippen LogP contribution is 2.24. The van der Waals surface area contributed by atoms with Gasteiger partial charge in [0.15, 0.2) is 0 Å². The van der Waals surface area contributed by atoms with E-state index in [1.807, 2.05) is 44.2 Å². The number of hydrogen-bond acceptors (Lipinski definition) is 3. The van der Waals surface area contributed by atoms with Gasteiger partial charge >= 0.3 is 0 Å². The minimum Gasteiger partial charge on any atom is -0.497 e. The largest absolute Gasteiger partial charge is 0.497 e. The lowest BCUT2D eigenvalue weighted by Gasteiger charge is -2.17. The molecular formula is C22H26N2O2. The third-order valence-corrected chi connectivity index (χ3v) is 4.81. The van der Waals surface area contributed by atoms with Crippen LogP contribution in [0.1, 0.15) is 29.5 Å². The maximum atomic E-state index is 12.2. The van der Waals surface area contributed by atoms with E-state index in [4.69, 9.17) is 4.74 Å². The lowest BCUT2D eigenvalue weighted by Crippen LogP contribution is -2.17.